The summed E-state index contributed by atoms with van der Waals surface area (Å²) in [5.41, 5.74) is 0.517. The number of carbonyl (C=O) groups is 2. The van der Waals surface area contributed by atoms with Crippen molar-refractivity contribution in [2.75, 3.05) is 11.9 Å². The van der Waals surface area contributed by atoms with Crippen LogP contribution >= 0.6 is 0 Å². The second-order valence-electron chi connectivity index (χ2n) is 5.01. The number of nitrogens with one attached hydrogen (secondary N) is 1. The Bertz CT molecular complexity index is 581. The van der Waals surface area contributed by atoms with Crippen LogP contribution in [0.1, 0.15) is 24.8 Å². The first kappa shape index (κ1) is 15.0. The van der Waals surface area contributed by atoms with E-state index in [9.17, 15) is 19.7 Å². The lowest BCUT2D eigenvalue weighted by Crippen LogP contribution is -2.28. The summed E-state index contributed by atoms with van der Waals surface area (Å²) >= 11 is 0. The van der Waals surface area contributed by atoms with Crippen molar-refractivity contribution in [1.29, 1.82) is 0 Å². The van der Waals surface area contributed by atoms with Gasteiger partial charge in [-0.05, 0) is 25.3 Å². The molecule has 0 radical (unpaired) electrons. The van der Waals surface area contributed by atoms with E-state index in [0.717, 1.165) is 19.3 Å². The van der Waals surface area contributed by atoms with E-state index in [1.54, 1.807) is 19.1 Å². The van der Waals surface area contributed by atoms with Crippen LogP contribution in [0.25, 0.3) is 0 Å². The minimum atomic E-state index is -0.583. The van der Waals surface area contributed by atoms with Crippen molar-refractivity contribution in [3.05, 3.63) is 33.9 Å². The molecule has 21 heavy (non-hydrogen) atoms. The lowest BCUT2D eigenvalue weighted by molar-refractivity contribution is -0.384. The maximum Gasteiger partial charge on any atom is 0.309 e. The van der Waals surface area contributed by atoms with E-state index in [2.05, 4.69) is 5.32 Å². The molecule has 7 nitrogen and oxygen atoms in total. The first-order valence-electron chi connectivity index (χ1n) is 6.69. The molecule has 1 aromatic rings. The Balaban J connectivity index is 1.96. The van der Waals surface area contributed by atoms with E-state index in [-0.39, 0.29) is 23.3 Å². The van der Waals surface area contributed by atoms with Crippen LogP contribution in [0.4, 0.5) is 11.4 Å². The van der Waals surface area contributed by atoms with Crippen LogP contribution in [0.5, 0.6) is 0 Å². The molecule has 0 atom stereocenters. The molecule has 1 saturated carbocycles. The molecule has 0 unspecified atom stereocenters. The SMILES string of the molecule is Cc1cccc([N+](=O)[O-])c1NC(=O)COC(=O)C1CCC1. The molecule has 1 N–H and O–H groups in total. The summed E-state index contributed by atoms with van der Waals surface area (Å²) < 4.78 is 4.90. The molecule has 2 rings (SSSR count). The second-order valence-corrected chi connectivity index (χ2v) is 5.01. The molecule has 0 saturated heterocycles. The Morgan fingerprint density at radius 3 is 2.71 bits per heavy atom. The zero-order valence-corrected chi connectivity index (χ0v) is 11.6. The average Bonchev–Trinajstić information content (AvgIpc) is 2.36. The Morgan fingerprint density at radius 2 is 2.14 bits per heavy atom. The van der Waals surface area contributed by atoms with Crippen LogP contribution in [0, 0.1) is 23.0 Å². The topological polar surface area (TPSA) is 98.5 Å². The molecule has 0 bridgehead atoms. The summed E-state index contributed by atoms with van der Waals surface area (Å²) in [7, 11) is 0. The molecular formula is C14H16N2O5. The van der Waals surface area contributed by atoms with E-state index >= 15 is 0 Å². The Hall–Kier alpha value is -2.44. The largest absolute Gasteiger partial charge is 0.455 e. The molecule has 0 spiro atoms. The molecule has 112 valence electrons. The molecule has 1 aliphatic rings. The summed E-state index contributed by atoms with van der Waals surface area (Å²) in [4.78, 5) is 33.6. The first-order chi connectivity index (χ1) is 9.99. The zero-order valence-electron chi connectivity index (χ0n) is 11.6. The van der Waals surface area contributed by atoms with Gasteiger partial charge in [0.1, 0.15) is 5.69 Å². The third kappa shape index (κ3) is 3.56. The average molecular weight is 292 g/mol. The number of esters is 1. The molecule has 1 fully saturated rings. The van der Waals surface area contributed by atoms with Crippen LogP contribution in [-0.4, -0.2) is 23.4 Å². The number of hydrogen-bond acceptors (Lipinski definition) is 5. The highest BCUT2D eigenvalue weighted by Gasteiger charge is 2.27. The normalized spacial score (nSPS) is 14.1. The van der Waals surface area contributed by atoms with Crippen LogP contribution in [0.3, 0.4) is 0 Å². The number of benzene rings is 1. The summed E-state index contributed by atoms with van der Waals surface area (Å²) in [5, 5.41) is 13.4. The van der Waals surface area contributed by atoms with Crippen LogP contribution < -0.4 is 5.32 Å². The highest BCUT2D eigenvalue weighted by Crippen LogP contribution is 2.28. The van der Waals surface area contributed by atoms with Gasteiger partial charge < -0.3 is 10.1 Å². The van der Waals surface area contributed by atoms with E-state index < -0.39 is 17.4 Å². The van der Waals surface area contributed by atoms with Gasteiger partial charge in [-0.3, -0.25) is 19.7 Å². The number of aryl methyl sites for hydroxylation is 1. The standard InChI is InChI=1S/C14H16N2O5/c1-9-4-2-7-11(16(19)20)13(9)15-12(17)8-21-14(18)10-5-3-6-10/h2,4,7,10H,3,5-6,8H2,1H3,(H,15,17). The summed E-state index contributed by atoms with van der Waals surface area (Å²) in [6.07, 6.45) is 2.59. The number of anilines is 1. The van der Waals surface area contributed by atoms with Crippen LogP contribution in [0.15, 0.2) is 18.2 Å². The van der Waals surface area contributed by atoms with Gasteiger partial charge in [0.15, 0.2) is 6.61 Å². The molecular weight excluding hydrogens is 276 g/mol. The third-order valence-electron chi connectivity index (χ3n) is 3.50. The molecule has 1 amide bonds. The van der Waals surface area contributed by atoms with Crippen molar-refractivity contribution in [3.63, 3.8) is 0 Å². The maximum absolute atomic E-state index is 11.8. The quantitative estimate of drug-likeness (QED) is 0.509. The number of rotatable bonds is 5. The molecule has 1 aromatic carbocycles. The highest BCUT2D eigenvalue weighted by molar-refractivity contribution is 5.95. The van der Waals surface area contributed by atoms with Crippen molar-refractivity contribution >= 4 is 23.3 Å². The number of amides is 1. The zero-order chi connectivity index (χ0) is 15.4. The number of para-hydroxylation sites is 1. The maximum atomic E-state index is 11.8. The Morgan fingerprint density at radius 1 is 1.43 bits per heavy atom. The molecule has 7 heteroatoms. The highest BCUT2D eigenvalue weighted by atomic mass is 16.6. The van der Waals surface area contributed by atoms with Crippen molar-refractivity contribution in [1.82, 2.24) is 0 Å². The minimum Gasteiger partial charge on any atom is -0.455 e. The summed E-state index contributed by atoms with van der Waals surface area (Å²) in [5.74, 6) is -1.07. The van der Waals surface area contributed by atoms with Gasteiger partial charge in [-0.25, -0.2) is 0 Å². The van der Waals surface area contributed by atoms with Gasteiger partial charge in [-0.1, -0.05) is 18.6 Å². The van der Waals surface area contributed by atoms with Crippen molar-refractivity contribution in [3.8, 4) is 0 Å². The number of ether oxygens (including phenoxy) is 1. The van der Waals surface area contributed by atoms with E-state index in [4.69, 9.17) is 4.74 Å². The van der Waals surface area contributed by atoms with Crippen molar-refractivity contribution in [2.24, 2.45) is 5.92 Å². The fraction of sp³-hybridized carbons (Fsp3) is 0.429. The van der Waals surface area contributed by atoms with Gasteiger partial charge in [0.05, 0.1) is 10.8 Å². The van der Waals surface area contributed by atoms with Gasteiger partial charge in [0.2, 0.25) is 0 Å². The predicted molar refractivity (Wildman–Crippen MR) is 74.8 cm³/mol. The fourth-order valence-corrected chi connectivity index (χ4v) is 2.04. The van der Waals surface area contributed by atoms with E-state index in [0.29, 0.717) is 5.56 Å². The van der Waals surface area contributed by atoms with Gasteiger partial charge in [0, 0.05) is 6.07 Å². The molecule has 0 heterocycles. The van der Waals surface area contributed by atoms with Crippen LogP contribution in [-0.2, 0) is 14.3 Å². The summed E-state index contributed by atoms with van der Waals surface area (Å²) in [6.45, 7) is 1.23. The smallest absolute Gasteiger partial charge is 0.309 e. The molecule has 0 aliphatic heterocycles. The van der Waals surface area contributed by atoms with Crippen LogP contribution in [0.2, 0.25) is 0 Å². The first-order valence-corrected chi connectivity index (χ1v) is 6.69. The second kappa shape index (κ2) is 6.34. The van der Waals surface area contributed by atoms with Crippen molar-refractivity contribution < 1.29 is 19.2 Å². The lowest BCUT2D eigenvalue weighted by atomic mass is 9.86. The number of nitrogens with zero attached hydrogens (tertiary/aromatic N) is 1. The lowest BCUT2D eigenvalue weighted by Gasteiger charge is -2.22. The number of nitro groups is 1. The summed E-state index contributed by atoms with van der Waals surface area (Å²) in [6, 6.07) is 4.51. The molecule has 0 aromatic heterocycles. The van der Waals surface area contributed by atoms with Gasteiger partial charge in [-0.2, -0.15) is 0 Å². The Labute approximate surface area is 121 Å². The fourth-order valence-electron chi connectivity index (χ4n) is 2.04. The molecule has 1 aliphatic carbocycles. The van der Waals surface area contributed by atoms with E-state index in [1.165, 1.54) is 6.07 Å². The Kier molecular flexibility index (Phi) is 4.52. The minimum absolute atomic E-state index is 0.106. The predicted octanol–water partition coefficient (Wildman–Crippen LogP) is 2.19. The number of nitro benzene ring substituents is 1. The van der Waals surface area contributed by atoms with Gasteiger partial charge in [0.25, 0.3) is 11.6 Å². The van der Waals surface area contributed by atoms with Gasteiger partial charge >= 0.3 is 5.97 Å². The third-order valence-corrected chi connectivity index (χ3v) is 3.50. The van der Waals surface area contributed by atoms with E-state index in [1.807, 2.05) is 0 Å². The van der Waals surface area contributed by atoms with Gasteiger partial charge in [-0.15, -0.1) is 0 Å². The number of carbonyl (C=O) groups excluding carboxylic acids is 2. The monoisotopic (exact) mass is 292 g/mol. The number of hydrogen-bond donors (Lipinski definition) is 1. The van der Waals surface area contributed by atoms with Crippen molar-refractivity contribution in [2.45, 2.75) is 26.2 Å².